The van der Waals surface area contributed by atoms with E-state index in [1.54, 1.807) is 35.6 Å². The molecule has 7 heteroatoms. The Morgan fingerprint density at radius 3 is 2.48 bits per heavy atom. The minimum absolute atomic E-state index is 0.0628. The van der Waals surface area contributed by atoms with Crippen molar-refractivity contribution in [3.63, 3.8) is 0 Å². The van der Waals surface area contributed by atoms with Gasteiger partial charge in [0.05, 0.1) is 19.2 Å². The van der Waals surface area contributed by atoms with Crippen LogP contribution in [0.3, 0.4) is 0 Å². The van der Waals surface area contributed by atoms with Crippen LogP contribution < -0.4 is 10.0 Å². The van der Waals surface area contributed by atoms with Gasteiger partial charge in [0.1, 0.15) is 0 Å². The third-order valence-corrected chi connectivity index (χ3v) is 4.14. The molecule has 0 radical (unpaired) electrons. The molecule has 2 aromatic rings. The number of benzene rings is 1. The fraction of sp³-hybridized carbons (Fsp3) is 0.214. The van der Waals surface area contributed by atoms with Gasteiger partial charge in [0.25, 0.3) is 0 Å². The van der Waals surface area contributed by atoms with Crippen molar-refractivity contribution in [3.8, 4) is 0 Å². The second-order valence-corrected chi connectivity index (χ2v) is 7.38. The molecule has 0 saturated heterocycles. The molecule has 0 aliphatic carbocycles. The summed E-state index contributed by atoms with van der Waals surface area (Å²) in [6.45, 7) is 0.532. The van der Waals surface area contributed by atoms with Crippen LogP contribution in [0.5, 0.6) is 0 Å². The molecule has 0 atom stereocenters. The summed E-state index contributed by atoms with van der Waals surface area (Å²) in [5.41, 5.74) is 1.32. The Morgan fingerprint density at radius 1 is 1.19 bits per heavy atom. The average molecular weight is 324 g/mol. The maximum atomic E-state index is 11.8. The van der Waals surface area contributed by atoms with Crippen molar-refractivity contribution in [1.29, 1.82) is 0 Å². The number of hydrogen-bond donors (Lipinski definition) is 2. The van der Waals surface area contributed by atoms with Gasteiger partial charge in [-0.2, -0.15) is 0 Å². The highest BCUT2D eigenvalue weighted by atomic mass is 32.2. The van der Waals surface area contributed by atoms with E-state index in [9.17, 15) is 13.2 Å². The molecule has 0 saturated carbocycles. The van der Waals surface area contributed by atoms with Gasteiger partial charge in [0.2, 0.25) is 15.9 Å². The van der Waals surface area contributed by atoms with Crippen LogP contribution in [-0.2, 0) is 27.8 Å². The molecule has 5 nitrogen and oxygen atoms in total. The van der Waals surface area contributed by atoms with Crippen LogP contribution in [0.4, 0.5) is 5.69 Å². The highest BCUT2D eigenvalue weighted by Crippen LogP contribution is 2.12. The monoisotopic (exact) mass is 324 g/mol. The Bertz CT molecular complexity index is 692. The first-order valence-corrected chi connectivity index (χ1v) is 9.05. The number of nitrogens with one attached hydrogen (secondary N) is 2. The van der Waals surface area contributed by atoms with Gasteiger partial charge in [-0.15, -0.1) is 11.3 Å². The van der Waals surface area contributed by atoms with E-state index in [0.29, 0.717) is 12.2 Å². The van der Waals surface area contributed by atoms with E-state index in [2.05, 4.69) is 10.0 Å². The van der Waals surface area contributed by atoms with E-state index in [-0.39, 0.29) is 12.3 Å². The van der Waals surface area contributed by atoms with Gasteiger partial charge in [-0.05, 0) is 29.1 Å². The molecular formula is C14H16N2O3S2. The Kier molecular flexibility index (Phi) is 4.98. The van der Waals surface area contributed by atoms with Gasteiger partial charge in [0.15, 0.2) is 0 Å². The summed E-state index contributed by atoms with van der Waals surface area (Å²) in [5, 5.41) is 4.81. The van der Waals surface area contributed by atoms with Crippen LogP contribution in [0, 0.1) is 0 Å². The minimum Gasteiger partial charge on any atom is -0.351 e. The Morgan fingerprint density at radius 2 is 1.90 bits per heavy atom. The number of thiophene rings is 1. The Hall–Kier alpha value is -1.86. The number of sulfonamides is 1. The van der Waals surface area contributed by atoms with Crippen molar-refractivity contribution < 1.29 is 13.2 Å². The van der Waals surface area contributed by atoms with E-state index >= 15 is 0 Å². The van der Waals surface area contributed by atoms with Crippen molar-refractivity contribution in [2.24, 2.45) is 0 Å². The van der Waals surface area contributed by atoms with Crippen LogP contribution in [-0.4, -0.2) is 20.6 Å². The smallest absolute Gasteiger partial charge is 0.229 e. The topological polar surface area (TPSA) is 75.3 Å². The van der Waals surface area contributed by atoms with Gasteiger partial charge in [-0.3, -0.25) is 9.52 Å². The molecule has 21 heavy (non-hydrogen) atoms. The van der Waals surface area contributed by atoms with Gasteiger partial charge in [0, 0.05) is 10.6 Å². The first kappa shape index (κ1) is 15.5. The van der Waals surface area contributed by atoms with Crippen molar-refractivity contribution in [1.82, 2.24) is 5.32 Å². The van der Waals surface area contributed by atoms with E-state index in [4.69, 9.17) is 0 Å². The Labute approximate surface area is 128 Å². The number of carbonyl (C=O) groups excluding carboxylic acids is 1. The lowest BCUT2D eigenvalue weighted by Gasteiger charge is -2.06. The number of rotatable bonds is 6. The number of anilines is 1. The number of carbonyl (C=O) groups is 1. The molecule has 1 heterocycles. The molecule has 1 amide bonds. The summed E-state index contributed by atoms with van der Waals surface area (Å²) >= 11 is 1.60. The predicted molar refractivity (Wildman–Crippen MR) is 84.8 cm³/mol. The second-order valence-electron chi connectivity index (χ2n) is 4.60. The lowest BCUT2D eigenvalue weighted by atomic mass is 10.1. The fourth-order valence-electron chi connectivity index (χ4n) is 1.75. The van der Waals surface area contributed by atoms with Crippen molar-refractivity contribution in [3.05, 3.63) is 52.2 Å². The molecule has 0 aliphatic heterocycles. The van der Waals surface area contributed by atoms with E-state index in [1.165, 1.54) is 0 Å². The molecule has 1 aromatic heterocycles. The summed E-state index contributed by atoms with van der Waals surface area (Å²) in [7, 11) is -3.27. The molecule has 1 aromatic carbocycles. The lowest BCUT2D eigenvalue weighted by Crippen LogP contribution is -2.24. The molecule has 112 valence electrons. The van der Waals surface area contributed by atoms with Crippen molar-refractivity contribution in [2.75, 3.05) is 11.0 Å². The summed E-state index contributed by atoms with van der Waals surface area (Å²) in [4.78, 5) is 12.9. The molecule has 0 bridgehead atoms. The van der Waals surface area contributed by atoms with Gasteiger partial charge in [-0.25, -0.2) is 8.42 Å². The van der Waals surface area contributed by atoms with Crippen LogP contribution >= 0.6 is 11.3 Å². The van der Waals surface area contributed by atoms with Crippen LogP contribution in [0.2, 0.25) is 0 Å². The third kappa shape index (κ3) is 5.57. The largest absolute Gasteiger partial charge is 0.351 e. The summed E-state index contributed by atoms with van der Waals surface area (Å²) in [6, 6.07) is 10.7. The van der Waals surface area contributed by atoms with E-state index in [1.807, 2.05) is 17.5 Å². The van der Waals surface area contributed by atoms with Crippen LogP contribution in [0.1, 0.15) is 10.4 Å². The molecule has 0 unspecified atom stereocenters. The minimum atomic E-state index is -3.27. The quantitative estimate of drug-likeness (QED) is 0.853. The SMILES string of the molecule is CS(=O)(=O)Nc1ccc(CC(=O)NCc2cccs2)cc1. The molecular weight excluding hydrogens is 308 g/mol. The van der Waals surface area contributed by atoms with E-state index < -0.39 is 10.0 Å². The number of hydrogen-bond acceptors (Lipinski definition) is 4. The molecule has 2 N–H and O–H groups in total. The van der Waals surface area contributed by atoms with Gasteiger partial charge >= 0.3 is 0 Å². The third-order valence-electron chi connectivity index (χ3n) is 2.66. The maximum absolute atomic E-state index is 11.8. The normalized spacial score (nSPS) is 11.1. The van der Waals surface area contributed by atoms with Crippen molar-refractivity contribution >= 4 is 33.0 Å². The van der Waals surface area contributed by atoms with Crippen LogP contribution in [0.25, 0.3) is 0 Å². The Balaban J connectivity index is 1.86. The highest BCUT2D eigenvalue weighted by molar-refractivity contribution is 7.92. The predicted octanol–water partition coefficient (Wildman–Crippen LogP) is 1.98. The lowest BCUT2D eigenvalue weighted by molar-refractivity contribution is -0.120. The average Bonchev–Trinajstić information content (AvgIpc) is 2.90. The number of amides is 1. The zero-order valence-electron chi connectivity index (χ0n) is 11.5. The molecule has 0 spiro atoms. The van der Waals surface area contributed by atoms with E-state index in [0.717, 1.165) is 16.7 Å². The summed E-state index contributed by atoms with van der Waals surface area (Å²) in [6.07, 6.45) is 1.36. The fourth-order valence-corrected chi connectivity index (χ4v) is 2.96. The first-order valence-electron chi connectivity index (χ1n) is 6.28. The van der Waals surface area contributed by atoms with Gasteiger partial charge < -0.3 is 5.32 Å². The van der Waals surface area contributed by atoms with Crippen molar-refractivity contribution in [2.45, 2.75) is 13.0 Å². The standard InChI is InChI=1S/C14H16N2O3S2/c1-21(18,19)16-12-6-4-11(5-7-12)9-14(17)15-10-13-3-2-8-20-13/h2-8,16H,9-10H2,1H3,(H,15,17). The van der Waals surface area contributed by atoms with Crippen LogP contribution in [0.15, 0.2) is 41.8 Å². The summed E-state index contributed by atoms with van der Waals surface area (Å²) in [5.74, 6) is -0.0628. The zero-order valence-corrected chi connectivity index (χ0v) is 13.1. The van der Waals surface area contributed by atoms with Gasteiger partial charge in [-0.1, -0.05) is 18.2 Å². The highest BCUT2D eigenvalue weighted by Gasteiger charge is 2.05. The zero-order chi connectivity index (χ0) is 15.3. The molecule has 0 fully saturated rings. The second kappa shape index (κ2) is 6.73. The molecule has 0 aliphatic rings. The molecule has 2 rings (SSSR count). The summed E-state index contributed by atoms with van der Waals surface area (Å²) < 4.78 is 24.6. The first-order chi connectivity index (χ1) is 9.92. The maximum Gasteiger partial charge on any atom is 0.229 e.